The highest BCUT2D eigenvalue weighted by atomic mass is 16.5. The van der Waals surface area contributed by atoms with Gasteiger partial charge in [0.05, 0.1) is 12.7 Å². The molecule has 0 amide bonds. The molecule has 0 aromatic heterocycles. The van der Waals surface area contributed by atoms with E-state index in [0.29, 0.717) is 6.61 Å². The van der Waals surface area contributed by atoms with Crippen molar-refractivity contribution in [3.8, 4) is 0 Å². The second-order valence-corrected chi connectivity index (χ2v) is 5.55. The molecule has 0 saturated carbocycles. The molecule has 2 rings (SSSR count). The molecule has 0 bridgehead atoms. The second-order valence-electron chi connectivity index (χ2n) is 5.55. The maximum atomic E-state index is 10.3. The van der Waals surface area contributed by atoms with Crippen molar-refractivity contribution < 1.29 is 9.84 Å². The van der Waals surface area contributed by atoms with Gasteiger partial charge in [-0.3, -0.25) is 0 Å². The van der Waals surface area contributed by atoms with Crippen molar-refractivity contribution in [3.63, 3.8) is 0 Å². The van der Waals surface area contributed by atoms with E-state index >= 15 is 0 Å². The van der Waals surface area contributed by atoms with Gasteiger partial charge >= 0.3 is 0 Å². The van der Waals surface area contributed by atoms with Crippen molar-refractivity contribution in [1.29, 1.82) is 0 Å². The third kappa shape index (κ3) is 2.13. The van der Waals surface area contributed by atoms with Crippen molar-refractivity contribution in [3.05, 3.63) is 35.4 Å². The van der Waals surface area contributed by atoms with Gasteiger partial charge in [-0.25, -0.2) is 0 Å². The Bertz CT molecular complexity index is 365. The van der Waals surface area contributed by atoms with Crippen molar-refractivity contribution in [1.82, 2.24) is 0 Å². The van der Waals surface area contributed by atoms with Gasteiger partial charge < -0.3 is 9.84 Å². The van der Waals surface area contributed by atoms with Crippen molar-refractivity contribution in [2.45, 2.75) is 39.4 Å². The Morgan fingerprint density at radius 1 is 1.31 bits per heavy atom. The van der Waals surface area contributed by atoms with Gasteiger partial charge in [-0.05, 0) is 23.0 Å². The average Bonchev–Trinajstić information content (AvgIpc) is 2.26. The lowest BCUT2D eigenvalue weighted by Crippen LogP contribution is -2.36. The fourth-order valence-electron chi connectivity index (χ4n) is 2.14. The van der Waals surface area contributed by atoms with Crippen LogP contribution < -0.4 is 0 Å². The molecule has 1 aliphatic heterocycles. The number of aliphatic hydroxyl groups excluding tert-OH is 1. The summed E-state index contributed by atoms with van der Waals surface area (Å²) in [5, 5.41) is 10.3. The maximum Gasteiger partial charge on any atom is 0.109 e. The minimum absolute atomic E-state index is 0.158. The van der Waals surface area contributed by atoms with Crippen LogP contribution >= 0.6 is 0 Å². The average molecular weight is 220 g/mol. The summed E-state index contributed by atoms with van der Waals surface area (Å²) < 4.78 is 5.74. The fraction of sp³-hybridized carbons (Fsp3) is 0.571. The van der Waals surface area contributed by atoms with E-state index in [1.54, 1.807) is 0 Å². The lowest BCUT2D eigenvalue weighted by atomic mass is 9.81. The molecule has 0 aliphatic carbocycles. The SMILES string of the molecule is CC(C)(C)C(O)C1OCCc2ccccc21. The van der Waals surface area contributed by atoms with E-state index in [9.17, 15) is 5.11 Å². The Morgan fingerprint density at radius 3 is 2.69 bits per heavy atom. The summed E-state index contributed by atoms with van der Waals surface area (Å²) in [5.74, 6) is 0. The fourth-order valence-corrected chi connectivity index (χ4v) is 2.14. The molecule has 2 unspecified atom stereocenters. The normalized spacial score (nSPS) is 22.6. The molecule has 1 aromatic rings. The number of fused-ring (bicyclic) bond motifs is 1. The summed E-state index contributed by atoms with van der Waals surface area (Å²) in [7, 11) is 0. The smallest absolute Gasteiger partial charge is 0.109 e. The number of aliphatic hydroxyl groups is 1. The van der Waals surface area contributed by atoms with Crippen LogP contribution in [0.2, 0.25) is 0 Å². The molecule has 0 saturated heterocycles. The van der Waals surface area contributed by atoms with E-state index in [0.717, 1.165) is 12.0 Å². The first-order chi connectivity index (χ1) is 7.50. The van der Waals surface area contributed by atoms with Gasteiger partial charge in [0, 0.05) is 0 Å². The van der Waals surface area contributed by atoms with Gasteiger partial charge in [0.1, 0.15) is 6.10 Å². The monoisotopic (exact) mass is 220 g/mol. The van der Waals surface area contributed by atoms with Crippen molar-refractivity contribution in [2.24, 2.45) is 5.41 Å². The first-order valence-corrected chi connectivity index (χ1v) is 5.87. The Kier molecular flexibility index (Phi) is 3.04. The molecule has 0 radical (unpaired) electrons. The van der Waals surface area contributed by atoms with Crippen LogP contribution in [0.3, 0.4) is 0 Å². The van der Waals surface area contributed by atoms with E-state index in [-0.39, 0.29) is 11.5 Å². The zero-order chi connectivity index (χ0) is 11.8. The van der Waals surface area contributed by atoms with E-state index in [1.807, 2.05) is 32.9 Å². The van der Waals surface area contributed by atoms with Crippen LogP contribution in [0.15, 0.2) is 24.3 Å². The number of benzene rings is 1. The zero-order valence-corrected chi connectivity index (χ0v) is 10.2. The molecule has 1 heterocycles. The molecule has 2 atom stereocenters. The van der Waals surface area contributed by atoms with Crippen molar-refractivity contribution >= 4 is 0 Å². The number of ether oxygens (including phenoxy) is 1. The minimum atomic E-state index is -0.464. The molecular weight excluding hydrogens is 200 g/mol. The van der Waals surface area contributed by atoms with Crippen LogP contribution in [0.5, 0.6) is 0 Å². The lowest BCUT2D eigenvalue weighted by Gasteiger charge is -2.36. The van der Waals surface area contributed by atoms with E-state index in [1.165, 1.54) is 5.56 Å². The van der Waals surface area contributed by atoms with Crippen LogP contribution in [-0.4, -0.2) is 17.8 Å². The number of rotatable bonds is 1. The third-order valence-electron chi connectivity index (χ3n) is 3.20. The van der Waals surface area contributed by atoms with Crippen LogP contribution in [0.1, 0.15) is 38.0 Å². The van der Waals surface area contributed by atoms with E-state index in [2.05, 4.69) is 12.1 Å². The highest BCUT2D eigenvalue weighted by molar-refractivity contribution is 5.31. The predicted molar refractivity (Wildman–Crippen MR) is 64.3 cm³/mol. The molecule has 1 aromatic carbocycles. The first kappa shape index (κ1) is 11.6. The summed E-state index contributed by atoms with van der Waals surface area (Å²) in [5.41, 5.74) is 2.30. The van der Waals surface area contributed by atoms with Crippen LogP contribution in [0.4, 0.5) is 0 Å². The predicted octanol–water partition coefficient (Wildman–Crippen LogP) is 2.71. The Labute approximate surface area is 97.3 Å². The van der Waals surface area contributed by atoms with Crippen LogP contribution in [0, 0.1) is 5.41 Å². The minimum Gasteiger partial charge on any atom is -0.390 e. The lowest BCUT2D eigenvalue weighted by molar-refractivity contribution is -0.0897. The second kappa shape index (κ2) is 4.19. The Balaban J connectivity index is 2.32. The summed E-state index contributed by atoms with van der Waals surface area (Å²) >= 11 is 0. The summed E-state index contributed by atoms with van der Waals surface area (Å²) in [4.78, 5) is 0. The van der Waals surface area contributed by atoms with E-state index < -0.39 is 6.10 Å². The zero-order valence-electron chi connectivity index (χ0n) is 10.2. The molecule has 0 fully saturated rings. The summed E-state index contributed by atoms with van der Waals surface area (Å²) in [6.07, 6.45) is 0.308. The molecule has 0 spiro atoms. The Hall–Kier alpha value is -0.860. The van der Waals surface area contributed by atoms with Crippen LogP contribution in [0.25, 0.3) is 0 Å². The molecule has 2 heteroatoms. The molecule has 16 heavy (non-hydrogen) atoms. The highest BCUT2D eigenvalue weighted by Crippen LogP contribution is 2.36. The topological polar surface area (TPSA) is 29.5 Å². The molecule has 88 valence electrons. The highest BCUT2D eigenvalue weighted by Gasteiger charge is 2.34. The van der Waals surface area contributed by atoms with Crippen LogP contribution in [-0.2, 0) is 11.2 Å². The van der Waals surface area contributed by atoms with Gasteiger partial charge in [0.15, 0.2) is 0 Å². The summed E-state index contributed by atoms with van der Waals surface area (Å²) in [6, 6.07) is 8.24. The molecule has 1 aliphatic rings. The standard InChI is InChI=1S/C14H20O2/c1-14(2,3)13(15)12-11-7-5-4-6-10(11)8-9-16-12/h4-7,12-13,15H,8-9H2,1-3H3. The number of hydrogen-bond donors (Lipinski definition) is 1. The van der Waals surface area contributed by atoms with Gasteiger partial charge in [-0.2, -0.15) is 0 Å². The molecule has 2 nitrogen and oxygen atoms in total. The largest absolute Gasteiger partial charge is 0.390 e. The van der Waals surface area contributed by atoms with Gasteiger partial charge in [0.25, 0.3) is 0 Å². The van der Waals surface area contributed by atoms with Crippen molar-refractivity contribution in [2.75, 3.05) is 6.61 Å². The number of hydrogen-bond acceptors (Lipinski definition) is 2. The van der Waals surface area contributed by atoms with Gasteiger partial charge in [-0.1, -0.05) is 45.0 Å². The maximum absolute atomic E-state index is 10.3. The molecule has 1 N–H and O–H groups in total. The Morgan fingerprint density at radius 2 is 2.00 bits per heavy atom. The third-order valence-corrected chi connectivity index (χ3v) is 3.20. The molecular formula is C14H20O2. The quantitative estimate of drug-likeness (QED) is 0.788. The summed E-state index contributed by atoms with van der Waals surface area (Å²) in [6.45, 7) is 6.82. The van der Waals surface area contributed by atoms with Gasteiger partial charge in [0.2, 0.25) is 0 Å². The first-order valence-electron chi connectivity index (χ1n) is 5.87. The van der Waals surface area contributed by atoms with Gasteiger partial charge in [-0.15, -0.1) is 0 Å². The van der Waals surface area contributed by atoms with E-state index in [4.69, 9.17) is 4.74 Å².